The standard InChI is InChI=1S/C19H16ClN3O2/c1-22-16-5-3-2-4-14(16)19(18(22)25)21-15-9-6-11(20)10-13(15)17(24)23(19)12-7-8-12/h2-6,9-10,12,21H,7-8H2,1H3/t19-/m0/s1. The van der Waals surface area contributed by atoms with Crippen LogP contribution in [-0.4, -0.2) is 29.8 Å². The van der Waals surface area contributed by atoms with E-state index in [2.05, 4.69) is 5.32 Å². The minimum atomic E-state index is -1.18. The van der Waals surface area contributed by atoms with E-state index in [9.17, 15) is 9.59 Å². The number of nitrogens with zero attached hydrogens (tertiary/aromatic N) is 2. The third-order valence-corrected chi connectivity index (χ3v) is 5.52. The topological polar surface area (TPSA) is 52.7 Å². The summed E-state index contributed by atoms with van der Waals surface area (Å²) >= 11 is 6.10. The first-order valence-corrected chi connectivity index (χ1v) is 8.71. The van der Waals surface area contributed by atoms with Crippen molar-refractivity contribution in [2.75, 3.05) is 17.3 Å². The lowest BCUT2D eigenvalue weighted by Crippen LogP contribution is -2.63. The Kier molecular flexibility index (Phi) is 2.82. The number of likely N-dealkylation sites (N-methyl/N-ethyl adjacent to an activating group) is 1. The van der Waals surface area contributed by atoms with Gasteiger partial charge in [-0.1, -0.05) is 29.8 Å². The van der Waals surface area contributed by atoms with Gasteiger partial charge in [-0.3, -0.25) is 9.59 Å². The minimum absolute atomic E-state index is 0.0654. The largest absolute Gasteiger partial charge is 0.350 e. The molecule has 25 heavy (non-hydrogen) atoms. The highest BCUT2D eigenvalue weighted by molar-refractivity contribution is 6.31. The average Bonchev–Trinajstić information content (AvgIpc) is 3.42. The molecule has 2 amide bonds. The highest BCUT2D eigenvalue weighted by atomic mass is 35.5. The van der Waals surface area contributed by atoms with Crippen LogP contribution in [0.2, 0.25) is 5.02 Å². The maximum atomic E-state index is 13.3. The fourth-order valence-corrected chi connectivity index (χ4v) is 4.18. The van der Waals surface area contributed by atoms with Gasteiger partial charge in [0, 0.05) is 29.4 Å². The van der Waals surface area contributed by atoms with Crippen molar-refractivity contribution < 1.29 is 9.59 Å². The number of hydrogen-bond donors (Lipinski definition) is 1. The molecule has 2 aromatic rings. The summed E-state index contributed by atoms with van der Waals surface area (Å²) in [4.78, 5) is 30.0. The summed E-state index contributed by atoms with van der Waals surface area (Å²) in [6, 6.07) is 12.9. The van der Waals surface area contributed by atoms with Gasteiger partial charge in [0.25, 0.3) is 11.8 Å². The normalized spacial score (nSPS) is 24.4. The lowest BCUT2D eigenvalue weighted by Gasteiger charge is -2.45. The molecular formula is C19H16ClN3O2. The monoisotopic (exact) mass is 353 g/mol. The summed E-state index contributed by atoms with van der Waals surface area (Å²) in [6.07, 6.45) is 1.81. The maximum Gasteiger partial charge on any atom is 0.278 e. The molecule has 0 bridgehead atoms. The van der Waals surface area contributed by atoms with E-state index in [1.54, 1.807) is 35.0 Å². The van der Waals surface area contributed by atoms with E-state index >= 15 is 0 Å². The molecule has 1 aliphatic carbocycles. The summed E-state index contributed by atoms with van der Waals surface area (Å²) < 4.78 is 0. The lowest BCUT2D eigenvalue weighted by molar-refractivity contribution is -0.127. The van der Waals surface area contributed by atoms with Crippen molar-refractivity contribution in [3.05, 3.63) is 58.6 Å². The first-order valence-electron chi connectivity index (χ1n) is 8.33. The fraction of sp³-hybridized carbons (Fsp3) is 0.263. The van der Waals surface area contributed by atoms with Crippen molar-refractivity contribution in [3.63, 3.8) is 0 Å². The van der Waals surface area contributed by atoms with E-state index in [1.807, 2.05) is 24.3 Å². The molecule has 6 heteroatoms. The van der Waals surface area contributed by atoms with Crippen LogP contribution in [0, 0.1) is 0 Å². The number of rotatable bonds is 1. The SMILES string of the molecule is CN1C(=O)[C@]2(Nc3ccc(Cl)cc3C(=O)N2C2CC2)c2ccccc21. The second-order valence-electron chi connectivity index (χ2n) is 6.81. The summed E-state index contributed by atoms with van der Waals surface area (Å²) in [7, 11) is 1.75. The summed E-state index contributed by atoms with van der Waals surface area (Å²) in [5.74, 6) is -0.272. The van der Waals surface area contributed by atoms with Gasteiger partial charge in [0.1, 0.15) is 0 Å². The predicted molar refractivity (Wildman–Crippen MR) is 95.8 cm³/mol. The number of nitrogens with one attached hydrogen (secondary N) is 1. The van der Waals surface area contributed by atoms with Crippen molar-refractivity contribution in [1.29, 1.82) is 0 Å². The molecule has 0 unspecified atom stereocenters. The lowest BCUT2D eigenvalue weighted by atomic mass is 9.92. The van der Waals surface area contributed by atoms with Crippen LogP contribution >= 0.6 is 11.6 Å². The number of benzene rings is 2. The van der Waals surface area contributed by atoms with Crippen LogP contribution in [-0.2, 0) is 10.5 Å². The van der Waals surface area contributed by atoms with Crippen molar-refractivity contribution in [2.45, 2.75) is 24.5 Å². The molecule has 1 fully saturated rings. The Hall–Kier alpha value is -2.53. The van der Waals surface area contributed by atoms with Gasteiger partial charge in [0.05, 0.1) is 11.3 Å². The van der Waals surface area contributed by atoms with Gasteiger partial charge in [-0.25, -0.2) is 0 Å². The first-order chi connectivity index (χ1) is 12.0. The Balaban J connectivity index is 1.79. The molecule has 2 aromatic carbocycles. The summed E-state index contributed by atoms with van der Waals surface area (Å²) in [5.41, 5.74) is 1.64. The van der Waals surface area contributed by atoms with Gasteiger partial charge in [-0.05, 0) is 37.1 Å². The number of halogens is 1. The van der Waals surface area contributed by atoms with Crippen LogP contribution in [0.4, 0.5) is 11.4 Å². The molecule has 0 aromatic heterocycles. The summed E-state index contributed by atoms with van der Waals surface area (Å²) in [5, 5.41) is 3.90. The van der Waals surface area contributed by atoms with Gasteiger partial charge >= 0.3 is 0 Å². The minimum Gasteiger partial charge on any atom is -0.350 e. The molecular weight excluding hydrogens is 338 g/mol. The molecule has 5 rings (SSSR count). The number of carbonyl (C=O) groups excluding carboxylic acids is 2. The van der Waals surface area contributed by atoms with Crippen LogP contribution in [0.1, 0.15) is 28.8 Å². The smallest absolute Gasteiger partial charge is 0.278 e. The van der Waals surface area contributed by atoms with Crippen LogP contribution in [0.15, 0.2) is 42.5 Å². The van der Waals surface area contributed by atoms with Gasteiger partial charge < -0.3 is 15.1 Å². The third kappa shape index (κ3) is 1.79. The molecule has 1 N–H and O–H groups in total. The van der Waals surface area contributed by atoms with Gasteiger partial charge in [-0.15, -0.1) is 0 Å². The van der Waals surface area contributed by atoms with Gasteiger partial charge in [0.2, 0.25) is 5.66 Å². The van der Waals surface area contributed by atoms with E-state index in [1.165, 1.54) is 0 Å². The van der Waals surface area contributed by atoms with Crippen molar-refractivity contribution in [1.82, 2.24) is 4.90 Å². The van der Waals surface area contributed by atoms with E-state index in [0.29, 0.717) is 16.3 Å². The fourth-order valence-electron chi connectivity index (χ4n) is 4.01. The Labute approximate surface area is 150 Å². The molecule has 5 nitrogen and oxygen atoms in total. The number of para-hydroxylation sites is 1. The zero-order valence-corrected chi connectivity index (χ0v) is 14.4. The Morgan fingerprint density at radius 2 is 1.92 bits per heavy atom. The van der Waals surface area contributed by atoms with Crippen LogP contribution in [0.3, 0.4) is 0 Å². The Morgan fingerprint density at radius 3 is 2.68 bits per heavy atom. The molecule has 1 saturated carbocycles. The Bertz CT molecular complexity index is 940. The second-order valence-corrected chi connectivity index (χ2v) is 7.25. The molecule has 2 aliphatic heterocycles. The molecule has 0 radical (unpaired) electrons. The maximum absolute atomic E-state index is 13.3. The molecule has 126 valence electrons. The molecule has 1 atom stereocenters. The van der Waals surface area contributed by atoms with Gasteiger partial charge in [-0.2, -0.15) is 0 Å². The van der Waals surface area contributed by atoms with Crippen LogP contribution in [0.5, 0.6) is 0 Å². The average molecular weight is 354 g/mol. The van der Waals surface area contributed by atoms with Gasteiger partial charge in [0.15, 0.2) is 0 Å². The second kappa shape index (κ2) is 4.76. The number of hydrogen-bond acceptors (Lipinski definition) is 3. The van der Waals surface area contributed by atoms with E-state index < -0.39 is 5.66 Å². The van der Waals surface area contributed by atoms with Crippen molar-refractivity contribution in [2.24, 2.45) is 0 Å². The van der Waals surface area contributed by atoms with Crippen molar-refractivity contribution >= 4 is 34.8 Å². The number of amides is 2. The quantitative estimate of drug-likeness (QED) is 0.856. The van der Waals surface area contributed by atoms with E-state index in [0.717, 1.165) is 24.1 Å². The third-order valence-electron chi connectivity index (χ3n) is 5.29. The first kappa shape index (κ1) is 14.8. The summed E-state index contributed by atoms with van der Waals surface area (Å²) in [6.45, 7) is 0. The van der Waals surface area contributed by atoms with Crippen molar-refractivity contribution in [3.8, 4) is 0 Å². The van der Waals surface area contributed by atoms with E-state index in [4.69, 9.17) is 11.6 Å². The molecule has 2 heterocycles. The van der Waals surface area contributed by atoms with Crippen LogP contribution in [0.25, 0.3) is 0 Å². The highest BCUT2D eigenvalue weighted by Crippen LogP contribution is 2.51. The molecule has 0 saturated heterocycles. The zero-order chi connectivity index (χ0) is 17.3. The number of anilines is 2. The van der Waals surface area contributed by atoms with Crippen LogP contribution < -0.4 is 10.2 Å². The zero-order valence-electron chi connectivity index (χ0n) is 13.6. The predicted octanol–water partition coefficient (Wildman–Crippen LogP) is 3.20. The highest BCUT2D eigenvalue weighted by Gasteiger charge is 2.61. The molecule has 3 aliphatic rings. The number of fused-ring (bicyclic) bond motifs is 3. The van der Waals surface area contributed by atoms with E-state index in [-0.39, 0.29) is 17.9 Å². The number of carbonyl (C=O) groups is 2. The molecule has 1 spiro atoms. The Morgan fingerprint density at radius 1 is 1.16 bits per heavy atom.